The molecule has 1 nitrogen and oxygen atoms in total. The fourth-order valence-corrected chi connectivity index (χ4v) is 4.60. The average Bonchev–Trinajstić information content (AvgIpc) is 3.45. The van der Waals surface area contributed by atoms with Crippen molar-refractivity contribution < 1.29 is 4.39 Å². The molecule has 0 aromatic heterocycles. The zero-order valence-corrected chi connectivity index (χ0v) is 16.2. The number of benzene rings is 2. The van der Waals surface area contributed by atoms with Crippen LogP contribution in [0.5, 0.6) is 0 Å². The largest absolute Gasteiger partial charge is 0.359 e. The summed E-state index contributed by atoms with van der Waals surface area (Å²) in [5.41, 5.74) is 7.37. The third-order valence-corrected chi connectivity index (χ3v) is 6.50. The van der Waals surface area contributed by atoms with Gasteiger partial charge in [0.2, 0.25) is 0 Å². The van der Waals surface area contributed by atoms with Gasteiger partial charge in [-0.05, 0) is 96.4 Å². The van der Waals surface area contributed by atoms with Crippen LogP contribution in [-0.2, 0) is 6.42 Å². The maximum Gasteiger partial charge on any atom is 0.123 e. The molecule has 2 heteroatoms. The minimum absolute atomic E-state index is 0.120. The number of allylic oxidation sites excluding steroid dienone is 2. The molecule has 1 saturated carbocycles. The summed E-state index contributed by atoms with van der Waals surface area (Å²) in [5.74, 6) is 0.325. The molecular weight excluding hydrogens is 333 g/mol. The lowest BCUT2D eigenvalue weighted by Crippen LogP contribution is -2.23. The first-order valence-corrected chi connectivity index (χ1v) is 10.0. The highest BCUT2D eigenvalue weighted by atomic mass is 19.1. The summed E-state index contributed by atoms with van der Waals surface area (Å²) in [6.07, 6.45) is 6.62. The third kappa shape index (κ3) is 3.58. The number of halogens is 1. The van der Waals surface area contributed by atoms with E-state index in [1.165, 1.54) is 36.0 Å². The normalized spacial score (nSPS) is 19.4. The Labute approximate surface area is 162 Å². The fourth-order valence-electron chi connectivity index (χ4n) is 4.60. The molecule has 4 rings (SSSR count). The van der Waals surface area contributed by atoms with Crippen molar-refractivity contribution in [3.8, 4) is 0 Å². The van der Waals surface area contributed by atoms with Gasteiger partial charge in [-0.3, -0.25) is 0 Å². The van der Waals surface area contributed by atoms with Crippen LogP contribution in [0.3, 0.4) is 0 Å². The van der Waals surface area contributed by atoms with Gasteiger partial charge in [-0.1, -0.05) is 38.3 Å². The van der Waals surface area contributed by atoms with E-state index in [0.29, 0.717) is 11.3 Å². The molecule has 1 fully saturated rings. The van der Waals surface area contributed by atoms with Crippen LogP contribution in [-0.4, -0.2) is 0 Å². The van der Waals surface area contributed by atoms with E-state index in [9.17, 15) is 4.39 Å². The molecule has 0 aliphatic heterocycles. The van der Waals surface area contributed by atoms with E-state index in [1.807, 2.05) is 6.07 Å². The maximum absolute atomic E-state index is 13.7. The van der Waals surface area contributed by atoms with Gasteiger partial charge in [0.1, 0.15) is 5.82 Å². The van der Waals surface area contributed by atoms with Crippen LogP contribution in [0.4, 0.5) is 10.1 Å². The molecule has 2 aliphatic rings. The van der Waals surface area contributed by atoms with Gasteiger partial charge in [0, 0.05) is 11.4 Å². The van der Waals surface area contributed by atoms with Crippen LogP contribution in [0.15, 0.2) is 61.3 Å². The Bertz CT molecular complexity index is 874. The highest BCUT2D eigenvalue weighted by molar-refractivity contribution is 5.65. The molecule has 0 bridgehead atoms. The van der Waals surface area contributed by atoms with E-state index in [4.69, 9.17) is 0 Å². The van der Waals surface area contributed by atoms with Crippen LogP contribution in [0.2, 0.25) is 0 Å². The quantitative estimate of drug-likeness (QED) is 0.580. The minimum atomic E-state index is -0.120. The molecular formula is C25H28FN. The molecule has 1 atom stereocenters. The second kappa shape index (κ2) is 6.99. The molecule has 0 amide bonds. The van der Waals surface area contributed by atoms with Gasteiger partial charge in [-0.25, -0.2) is 4.39 Å². The second-order valence-corrected chi connectivity index (χ2v) is 8.23. The van der Waals surface area contributed by atoms with Crippen LogP contribution in [0, 0.1) is 11.2 Å². The van der Waals surface area contributed by atoms with Gasteiger partial charge in [0.15, 0.2) is 0 Å². The summed E-state index contributed by atoms with van der Waals surface area (Å²) in [5, 5.41) is 3.48. The van der Waals surface area contributed by atoms with Gasteiger partial charge < -0.3 is 5.32 Å². The van der Waals surface area contributed by atoms with Crippen LogP contribution >= 0.6 is 0 Å². The van der Waals surface area contributed by atoms with E-state index in [0.717, 1.165) is 36.2 Å². The van der Waals surface area contributed by atoms with Crippen molar-refractivity contribution in [1.29, 1.82) is 0 Å². The highest BCUT2D eigenvalue weighted by Crippen LogP contribution is 2.63. The highest BCUT2D eigenvalue weighted by Gasteiger charge is 2.51. The standard InChI is InChI=1S/C25H28FN/c1-4-17(2)19-5-8-22(9-6-19)27-18(3)15-24-23-10-7-21(26)16-20(23)11-12-25(24)13-14-25/h5-10,16,24,27H,2-4,11-15H2,1H3. The van der Waals surface area contributed by atoms with Gasteiger partial charge in [0.05, 0.1) is 0 Å². The van der Waals surface area contributed by atoms with Gasteiger partial charge in [0.25, 0.3) is 0 Å². The van der Waals surface area contributed by atoms with Crippen LogP contribution in [0.1, 0.15) is 61.6 Å². The lowest BCUT2D eigenvalue weighted by Gasteiger charge is -2.35. The molecule has 27 heavy (non-hydrogen) atoms. The zero-order valence-electron chi connectivity index (χ0n) is 16.2. The number of fused-ring (bicyclic) bond motifs is 1. The molecule has 140 valence electrons. The number of rotatable bonds is 6. The number of nitrogens with one attached hydrogen (secondary N) is 1. The van der Waals surface area contributed by atoms with Gasteiger partial charge in [-0.15, -0.1) is 0 Å². The van der Waals surface area contributed by atoms with Gasteiger partial charge >= 0.3 is 0 Å². The van der Waals surface area contributed by atoms with Crippen molar-refractivity contribution in [3.05, 3.63) is 83.8 Å². The van der Waals surface area contributed by atoms with E-state index in [1.54, 1.807) is 12.1 Å². The molecule has 0 heterocycles. The first-order chi connectivity index (χ1) is 13.0. The van der Waals surface area contributed by atoms with E-state index in [-0.39, 0.29) is 5.82 Å². The smallest absolute Gasteiger partial charge is 0.123 e. The van der Waals surface area contributed by atoms with Crippen LogP contribution in [0.25, 0.3) is 5.57 Å². The van der Waals surface area contributed by atoms with E-state index >= 15 is 0 Å². The molecule has 2 aliphatic carbocycles. The van der Waals surface area contributed by atoms with Crippen molar-refractivity contribution >= 4 is 11.3 Å². The average molecular weight is 362 g/mol. The molecule has 2 aromatic rings. The fraction of sp³-hybridized carbons (Fsp3) is 0.360. The number of hydrogen-bond donors (Lipinski definition) is 1. The Morgan fingerprint density at radius 3 is 2.52 bits per heavy atom. The molecule has 0 radical (unpaired) electrons. The predicted octanol–water partition coefficient (Wildman–Crippen LogP) is 7.07. The van der Waals surface area contributed by atoms with Gasteiger partial charge in [-0.2, -0.15) is 0 Å². The Hall–Kier alpha value is -2.35. The third-order valence-electron chi connectivity index (χ3n) is 6.50. The van der Waals surface area contributed by atoms with Crippen LogP contribution < -0.4 is 5.32 Å². The Balaban J connectivity index is 1.48. The summed E-state index contributed by atoms with van der Waals surface area (Å²) in [4.78, 5) is 0. The molecule has 1 unspecified atom stereocenters. The SMILES string of the molecule is C=C(CC1c2ccc(F)cc2CCC12CC2)Nc1ccc(C(=C)CC)cc1. The summed E-state index contributed by atoms with van der Waals surface area (Å²) < 4.78 is 13.7. The molecule has 1 spiro atoms. The first kappa shape index (κ1) is 18.0. The number of anilines is 1. The number of aryl methyl sites for hydroxylation is 1. The summed E-state index contributed by atoms with van der Waals surface area (Å²) in [7, 11) is 0. The first-order valence-electron chi connectivity index (χ1n) is 10.0. The Morgan fingerprint density at radius 2 is 1.85 bits per heavy atom. The molecule has 2 aromatic carbocycles. The van der Waals surface area contributed by atoms with E-state index in [2.05, 4.69) is 49.7 Å². The Morgan fingerprint density at radius 1 is 1.11 bits per heavy atom. The molecule has 0 saturated heterocycles. The lowest BCUT2D eigenvalue weighted by molar-refractivity contribution is 0.344. The van der Waals surface area contributed by atoms with Crippen molar-refractivity contribution in [1.82, 2.24) is 0 Å². The zero-order chi connectivity index (χ0) is 19.0. The second-order valence-electron chi connectivity index (χ2n) is 8.23. The minimum Gasteiger partial charge on any atom is -0.359 e. The van der Waals surface area contributed by atoms with Crippen molar-refractivity contribution in [3.63, 3.8) is 0 Å². The van der Waals surface area contributed by atoms with Crippen molar-refractivity contribution in [2.45, 2.75) is 51.4 Å². The topological polar surface area (TPSA) is 12.0 Å². The summed E-state index contributed by atoms with van der Waals surface area (Å²) >= 11 is 0. The van der Waals surface area contributed by atoms with Crippen molar-refractivity contribution in [2.75, 3.05) is 5.32 Å². The maximum atomic E-state index is 13.7. The van der Waals surface area contributed by atoms with Crippen molar-refractivity contribution in [2.24, 2.45) is 5.41 Å². The number of hydrogen-bond acceptors (Lipinski definition) is 1. The predicted molar refractivity (Wildman–Crippen MR) is 112 cm³/mol. The summed E-state index contributed by atoms with van der Waals surface area (Å²) in [6.45, 7) is 10.5. The lowest BCUT2D eigenvalue weighted by atomic mass is 9.70. The monoisotopic (exact) mass is 361 g/mol. The molecule has 1 N–H and O–H groups in total. The summed E-state index contributed by atoms with van der Waals surface area (Å²) in [6, 6.07) is 13.8. The van der Waals surface area contributed by atoms with E-state index < -0.39 is 0 Å². The Kier molecular flexibility index (Phi) is 4.67.